The number of hydrogen-bond donors (Lipinski definition) is 2. The van der Waals surface area contributed by atoms with Crippen LogP contribution < -0.4 is 5.73 Å². The highest BCUT2D eigenvalue weighted by Crippen LogP contribution is 2.44. The van der Waals surface area contributed by atoms with E-state index in [0.29, 0.717) is 0 Å². The first kappa shape index (κ1) is 18.5. The van der Waals surface area contributed by atoms with Gasteiger partial charge in [0.2, 0.25) is 11.6 Å². The number of esters is 1. The van der Waals surface area contributed by atoms with E-state index in [1.54, 1.807) is 0 Å². The zero-order chi connectivity index (χ0) is 19.4. The Morgan fingerprint density at radius 2 is 1.67 bits per heavy atom. The van der Waals surface area contributed by atoms with Gasteiger partial charge in [0.1, 0.15) is 6.61 Å². The van der Waals surface area contributed by atoms with Crippen molar-refractivity contribution in [3.05, 3.63) is 59.7 Å². The van der Waals surface area contributed by atoms with Crippen LogP contribution >= 0.6 is 0 Å². The number of isocyanates is 1. The Morgan fingerprint density at radius 3 is 2.19 bits per heavy atom. The third-order valence-electron chi connectivity index (χ3n) is 4.77. The third kappa shape index (κ3) is 3.38. The molecule has 138 valence electrons. The summed E-state index contributed by atoms with van der Waals surface area (Å²) in [5.74, 6) is -2.79. The second-order valence-corrected chi connectivity index (χ2v) is 6.33. The van der Waals surface area contributed by atoms with E-state index >= 15 is 0 Å². The van der Waals surface area contributed by atoms with Gasteiger partial charge in [-0.25, -0.2) is 19.4 Å². The predicted octanol–water partition coefficient (Wildman–Crippen LogP) is 1.85. The molecule has 1 aliphatic carbocycles. The molecule has 7 nitrogen and oxygen atoms in total. The third-order valence-corrected chi connectivity index (χ3v) is 4.77. The average molecular weight is 366 g/mol. The molecule has 1 aliphatic rings. The fourth-order valence-corrected chi connectivity index (χ4v) is 3.30. The number of carbonyl (C=O) groups excluding carboxylic acids is 2. The number of benzene rings is 2. The molecule has 0 amide bonds. The maximum absolute atomic E-state index is 12.4. The van der Waals surface area contributed by atoms with Crippen molar-refractivity contribution in [1.29, 1.82) is 0 Å². The van der Waals surface area contributed by atoms with Gasteiger partial charge in [-0.3, -0.25) is 0 Å². The molecule has 0 heterocycles. The van der Waals surface area contributed by atoms with Crippen molar-refractivity contribution < 1.29 is 24.2 Å². The molecule has 0 saturated carbocycles. The van der Waals surface area contributed by atoms with Crippen LogP contribution in [0.2, 0.25) is 0 Å². The van der Waals surface area contributed by atoms with Crippen molar-refractivity contribution in [2.24, 2.45) is 10.7 Å². The van der Waals surface area contributed by atoms with E-state index in [4.69, 9.17) is 10.5 Å². The highest BCUT2D eigenvalue weighted by molar-refractivity contribution is 6.03. The number of carbonyl (C=O) groups is 2. The highest BCUT2D eigenvalue weighted by atomic mass is 16.5. The first-order chi connectivity index (χ1) is 13.0. The summed E-state index contributed by atoms with van der Waals surface area (Å²) in [7, 11) is 0. The van der Waals surface area contributed by atoms with Crippen LogP contribution in [0.3, 0.4) is 0 Å². The largest absolute Gasteiger partial charge is 0.479 e. The lowest BCUT2D eigenvalue weighted by Crippen LogP contribution is -2.56. The normalized spacial score (nSPS) is 14.4. The lowest BCUT2D eigenvalue weighted by molar-refractivity contribution is -0.161. The van der Waals surface area contributed by atoms with Gasteiger partial charge in [-0.1, -0.05) is 48.5 Å². The van der Waals surface area contributed by atoms with E-state index in [2.05, 4.69) is 4.99 Å². The summed E-state index contributed by atoms with van der Waals surface area (Å²) in [6.07, 6.45) is 0.938. The van der Waals surface area contributed by atoms with Crippen molar-refractivity contribution in [1.82, 2.24) is 0 Å². The van der Waals surface area contributed by atoms with Crippen LogP contribution in [0, 0.1) is 0 Å². The fraction of sp³-hybridized carbons (Fsp3) is 0.250. The zero-order valence-electron chi connectivity index (χ0n) is 14.4. The van der Waals surface area contributed by atoms with E-state index in [0.717, 1.165) is 22.3 Å². The molecule has 0 spiro atoms. The van der Waals surface area contributed by atoms with Crippen LogP contribution in [-0.4, -0.2) is 41.8 Å². The number of fused-ring (bicyclic) bond motifs is 3. The van der Waals surface area contributed by atoms with E-state index in [1.165, 1.54) is 6.08 Å². The van der Waals surface area contributed by atoms with Gasteiger partial charge in [-0.2, -0.15) is 0 Å². The van der Waals surface area contributed by atoms with Crippen LogP contribution in [-0.2, 0) is 19.1 Å². The molecule has 2 aromatic carbocycles. The molecule has 0 saturated heterocycles. The van der Waals surface area contributed by atoms with Gasteiger partial charge < -0.3 is 15.6 Å². The molecule has 0 bridgehead atoms. The van der Waals surface area contributed by atoms with E-state index in [-0.39, 0.29) is 25.5 Å². The molecular weight excluding hydrogens is 348 g/mol. The van der Waals surface area contributed by atoms with E-state index in [9.17, 15) is 19.5 Å². The molecule has 7 heteroatoms. The van der Waals surface area contributed by atoms with Gasteiger partial charge in [0, 0.05) is 12.3 Å². The van der Waals surface area contributed by atoms with Crippen molar-refractivity contribution in [2.45, 2.75) is 17.9 Å². The lowest BCUT2D eigenvalue weighted by atomic mass is 9.96. The lowest BCUT2D eigenvalue weighted by Gasteiger charge is -2.23. The molecule has 3 rings (SSSR count). The quantitative estimate of drug-likeness (QED) is 0.334. The number of carboxylic acid groups (broad SMARTS) is 1. The molecule has 0 aliphatic heterocycles. The van der Waals surface area contributed by atoms with Crippen LogP contribution in [0.1, 0.15) is 23.5 Å². The summed E-state index contributed by atoms with van der Waals surface area (Å²) in [6, 6.07) is 15.6. The molecule has 0 fully saturated rings. The first-order valence-corrected chi connectivity index (χ1v) is 8.40. The minimum atomic E-state index is -2.27. The Labute approximate surface area is 155 Å². The monoisotopic (exact) mass is 366 g/mol. The number of ether oxygens (including phenoxy) is 1. The van der Waals surface area contributed by atoms with Crippen molar-refractivity contribution in [2.75, 3.05) is 13.2 Å². The summed E-state index contributed by atoms with van der Waals surface area (Å²) in [5.41, 5.74) is 7.61. The van der Waals surface area contributed by atoms with Gasteiger partial charge in [0.15, 0.2) is 0 Å². The number of rotatable bonds is 7. The predicted molar refractivity (Wildman–Crippen MR) is 96.8 cm³/mol. The van der Waals surface area contributed by atoms with Crippen LogP contribution in [0.4, 0.5) is 0 Å². The number of nitrogens with zero attached hydrogens (tertiary/aromatic N) is 1. The van der Waals surface area contributed by atoms with Gasteiger partial charge in [-0.05, 0) is 22.3 Å². The summed E-state index contributed by atoms with van der Waals surface area (Å²) >= 11 is 0. The fourth-order valence-electron chi connectivity index (χ4n) is 3.30. The summed E-state index contributed by atoms with van der Waals surface area (Å²) < 4.78 is 5.31. The van der Waals surface area contributed by atoms with Gasteiger partial charge >= 0.3 is 11.9 Å². The Balaban J connectivity index is 1.80. The van der Waals surface area contributed by atoms with Crippen molar-refractivity contribution >= 4 is 18.0 Å². The van der Waals surface area contributed by atoms with Crippen molar-refractivity contribution in [3.8, 4) is 11.1 Å². The first-order valence-electron chi connectivity index (χ1n) is 8.40. The van der Waals surface area contributed by atoms with E-state index in [1.807, 2.05) is 48.5 Å². The molecule has 3 N–H and O–H groups in total. The number of aliphatic imine (C=N–C) groups is 1. The average Bonchev–Trinajstić information content (AvgIpc) is 3.00. The topological polar surface area (TPSA) is 119 Å². The molecule has 0 aromatic heterocycles. The molecular formula is C20H18N2O5. The minimum absolute atomic E-state index is 0.0317. The highest BCUT2D eigenvalue weighted by Gasteiger charge is 2.44. The van der Waals surface area contributed by atoms with E-state index < -0.39 is 17.5 Å². The summed E-state index contributed by atoms with van der Waals surface area (Å²) in [6.45, 7) is -0.257. The Kier molecular flexibility index (Phi) is 5.16. The molecule has 1 atom stereocenters. The number of carboxylic acids is 1. The second kappa shape index (κ2) is 7.53. The van der Waals surface area contributed by atoms with Gasteiger partial charge in [-0.15, -0.1) is 0 Å². The summed E-state index contributed by atoms with van der Waals surface area (Å²) in [5, 5.41) is 9.34. The molecule has 1 unspecified atom stereocenters. The smallest absolute Gasteiger partial charge is 0.337 e. The Bertz CT molecular complexity index is 890. The minimum Gasteiger partial charge on any atom is -0.479 e. The Hall–Kier alpha value is -3.28. The summed E-state index contributed by atoms with van der Waals surface area (Å²) in [4.78, 5) is 37.3. The van der Waals surface area contributed by atoms with Crippen LogP contribution in [0.15, 0.2) is 53.5 Å². The maximum Gasteiger partial charge on any atom is 0.337 e. The standard InChI is InChI=1S/C20H18N2O5/c21-20(18(24)25,9-10-22-12-23)19(26)27-11-17-15-7-3-1-5-13(15)14-6-2-4-8-16(14)17/h1-8,17H,9-11,21H2,(H,24,25). The number of hydrogen-bond acceptors (Lipinski definition) is 6. The molecule has 27 heavy (non-hydrogen) atoms. The zero-order valence-corrected chi connectivity index (χ0v) is 14.4. The number of nitrogens with two attached hydrogens (primary N) is 1. The SMILES string of the molecule is NC(CCN=C=O)(C(=O)O)C(=O)OCC1c2ccccc2-c2ccccc21. The van der Waals surface area contributed by atoms with Crippen molar-refractivity contribution in [3.63, 3.8) is 0 Å². The second-order valence-electron chi connectivity index (χ2n) is 6.33. The van der Waals surface area contributed by atoms with Crippen LogP contribution in [0.5, 0.6) is 0 Å². The maximum atomic E-state index is 12.4. The molecule has 2 aromatic rings. The Morgan fingerprint density at radius 1 is 1.11 bits per heavy atom. The molecule has 0 radical (unpaired) electrons. The number of aliphatic carboxylic acids is 1. The van der Waals surface area contributed by atoms with Gasteiger partial charge in [0.05, 0.1) is 6.54 Å². The van der Waals surface area contributed by atoms with Gasteiger partial charge in [0.25, 0.3) is 0 Å². The van der Waals surface area contributed by atoms with Crippen LogP contribution in [0.25, 0.3) is 11.1 Å².